The molecular weight excluding hydrogens is 402 g/mol. The number of oxazole rings is 1. The molecule has 0 aliphatic heterocycles. The maximum absolute atomic E-state index is 13.2. The summed E-state index contributed by atoms with van der Waals surface area (Å²) in [5.74, 6) is 1.23. The van der Waals surface area contributed by atoms with Gasteiger partial charge in [0.25, 0.3) is 5.56 Å². The highest BCUT2D eigenvalue weighted by molar-refractivity contribution is 7.98. The van der Waals surface area contributed by atoms with Crippen LogP contribution in [-0.2, 0) is 25.1 Å². The van der Waals surface area contributed by atoms with Crippen molar-refractivity contribution < 1.29 is 4.42 Å². The number of rotatable bonds is 6. The molecule has 7 heteroatoms. The van der Waals surface area contributed by atoms with Gasteiger partial charge in [-0.15, -0.1) is 11.3 Å². The lowest BCUT2D eigenvalue weighted by Gasteiger charge is -2.10. The molecule has 0 fully saturated rings. The predicted molar refractivity (Wildman–Crippen MR) is 118 cm³/mol. The highest BCUT2D eigenvalue weighted by Gasteiger charge is 2.23. The monoisotopic (exact) mass is 423 g/mol. The van der Waals surface area contributed by atoms with Gasteiger partial charge < -0.3 is 4.42 Å². The lowest BCUT2D eigenvalue weighted by Crippen LogP contribution is -2.23. The maximum Gasteiger partial charge on any atom is 0.263 e. The van der Waals surface area contributed by atoms with Crippen LogP contribution in [0.2, 0.25) is 0 Å². The maximum atomic E-state index is 13.2. The topological polar surface area (TPSA) is 60.9 Å². The molecule has 1 aromatic carbocycles. The van der Waals surface area contributed by atoms with Gasteiger partial charge in [0.05, 0.1) is 11.1 Å². The zero-order valence-electron chi connectivity index (χ0n) is 16.2. The van der Waals surface area contributed by atoms with Crippen molar-refractivity contribution in [3.8, 4) is 11.5 Å². The molecule has 0 saturated heterocycles. The Bertz CT molecular complexity index is 1220. The summed E-state index contributed by atoms with van der Waals surface area (Å²) >= 11 is 3.25. The van der Waals surface area contributed by atoms with E-state index in [1.807, 2.05) is 34.9 Å². The molecule has 0 unspecified atom stereocenters. The lowest BCUT2D eigenvalue weighted by atomic mass is 10.2. The van der Waals surface area contributed by atoms with E-state index in [1.54, 1.807) is 29.4 Å². The van der Waals surface area contributed by atoms with E-state index in [9.17, 15) is 4.79 Å². The Morgan fingerprint density at radius 2 is 2.07 bits per heavy atom. The molecule has 0 amide bonds. The van der Waals surface area contributed by atoms with Crippen LogP contribution in [0.25, 0.3) is 21.7 Å². The van der Waals surface area contributed by atoms with E-state index in [1.165, 1.54) is 10.4 Å². The second-order valence-corrected chi connectivity index (χ2v) is 9.21. The van der Waals surface area contributed by atoms with Crippen molar-refractivity contribution in [3.05, 3.63) is 63.1 Å². The van der Waals surface area contributed by atoms with E-state index in [0.29, 0.717) is 18.2 Å². The third-order valence-electron chi connectivity index (χ3n) is 5.16. The highest BCUT2D eigenvalue weighted by Crippen LogP contribution is 2.36. The molecule has 1 aliphatic carbocycles. The van der Waals surface area contributed by atoms with Gasteiger partial charge in [-0.05, 0) is 43.4 Å². The normalized spacial score (nSPS) is 13.3. The molecule has 1 aliphatic rings. The summed E-state index contributed by atoms with van der Waals surface area (Å²) in [6.07, 6.45) is 5.82. The minimum Gasteiger partial charge on any atom is -0.444 e. The van der Waals surface area contributed by atoms with Gasteiger partial charge in [0.2, 0.25) is 5.89 Å². The molecule has 29 heavy (non-hydrogen) atoms. The third kappa shape index (κ3) is 3.42. The van der Waals surface area contributed by atoms with E-state index in [4.69, 9.17) is 9.40 Å². The summed E-state index contributed by atoms with van der Waals surface area (Å²) in [4.78, 5) is 25.0. The lowest BCUT2D eigenvalue weighted by molar-refractivity contribution is 0.573. The van der Waals surface area contributed by atoms with Crippen LogP contribution in [0.4, 0.5) is 0 Å². The first-order valence-electron chi connectivity index (χ1n) is 9.92. The zero-order valence-corrected chi connectivity index (χ0v) is 17.8. The van der Waals surface area contributed by atoms with Crippen LogP contribution in [0, 0.1) is 0 Å². The van der Waals surface area contributed by atoms with Gasteiger partial charge in [0.1, 0.15) is 11.1 Å². The second-order valence-electron chi connectivity index (χ2n) is 7.19. The summed E-state index contributed by atoms with van der Waals surface area (Å²) in [5.41, 5.74) is 3.16. The summed E-state index contributed by atoms with van der Waals surface area (Å²) in [7, 11) is 0. The number of thioether (sulfide) groups is 1. The highest BCUT2D eigenvalue weighted by atomic mass is 32.2. The molecule has 3 aromatic heterocycles. The fourth-order valence-corrected chi connectivity index (χ4v) is 6.02. The molecule has 0 radical (unpaired) electrons. The van der Waals surface area contributed by atoms with Gasteiger partial charge in [0, 0.05) is 22.7 Å². The van der Waals surface area contributed by atoms with Crippen LogP contribution < -0.4 is 5.56 Å². The van der Waals surface area contributed by atoms with Crippen molar-refractivity contribution in [1.29, 1.82) is 0 Å². The number of nitrogens with zero attached hydrogens (tertiary/aromatic N) is 3. The zero-order chi connectivity index (χ0) is 19.8. The smallest absolute Gasteiger partial charge is 0.263 e. The average Bonchev–Trinajstić information content (AvgIpc) is 3.45. The number of hydrogen-bond donors (Lipinski definition) is 0. The van der Waals surface area contributed by atoms with Gasteiger partial charge in [0.15, 0.2) is 5.16 Å². The summed E-state index contributed by atoms with van der Waals surface area (Å²) in [5, 5.41) is 1.63. The van der Waals surface area contributed by atoms with Crippen molar-refractivity contribution in [2.45, 2.75) is 50.1 Å². The Labute approximate surface area is 176 Å². The Balaban J connectivity index is 1.45. The van der Waals surface area contributed by atoms with E-state index in [-0.39, 0.29) is 5.56 Å². The molecule has 4 aromatic rings. The van der Waals surface area contributed by atoms with Crippen molar-refractivity contribution in [2.75, 3.05) is 0 Å². The third-order valence-corrected chi connectivity index (χ3v) is 7.35. The molecule has 0 atom stereocenters. The van der Waals surface area contributed by atoms with E-state index in [0.717, 1.165) is 52.3 Å². The van der Waals surface area contributed by atoms with Crippen molar-refractivity contribution >= 4 is 33.3 Å². The molecule has 148 valence electrons. The van der Waals surface area contributed by atoms with Gasteiger partial charge in [-0.1, -0.05) is 36.9 Å². The first-order chi connectivity index (χ1) is 14.2. The first kappa shape index (κ1) is 18.6. The number of benzene rings is 1. The largest absolute Gasteiger partial charge is 0.444 e. The predicted octanol–water partition coefficient (Wildman–Crippen LogP) is 5.30. The number of hydrogen-bond acceptors (Lipinski definition) is 6. The minimum absolute atomic E-state index is 0.115. The van der Waals surface area contributed by atoms with Gasteiger partial charge >= 0.3 is 0 Å². The Hall–Kier alpha value is -2.38. The molecular formula is C22H21N3O2S2. The molecule has 3 heterocycles. The average molecular weight is 424 g/mol. The van der Waals surface area contributed by atoms with Crippen molar-refractivity contribution in [2.24, 2.45) is 0 Å². The molecule has 0 bridgehead atoms. The molecule has 0 spiro atoms. The molecule has 5 nitrogen and oxygen atoms in total. The second kappa shape index (κ2) is 7.80. The number of fused-ring (bicyclic) bond motifs is 3. The van der Waals surface area contributed by atoms with Crippen LogP contribution in [0.1, 0.15) is 35.9 Å². The Morgan fingerprint density at radius 1 is 1.21 bits per heavy atom. The quantitative estimate of drug-likeness (QED) is 0.311. The summed E-state index contributed by atoms with van der Waals surface area (Å²) < 4.78 is 7.48. The van der Waals surface area contributed by atoms with Crippen LogP contribution in [0.15, 0.2) is 51.0 Å². The van der Waals surface area contributed by atoms with Crippen LogP contribution in [0.3, 0.4) is 0 Å². The van der Waals surface area contributed by atoms with Gasteiger partial charge in [-0.2, -0.15) is 0 Å². The van der Waals surface area contributed by atoms with E-state index < -0.39 is 0 Å². The van der Waals surface area contributed by atoms with Crippen LogP contribution in [0.5, 0.6) is 0 Å². The summed E-state index contributed by atoms with van der Waals surface area (Å²) in [6.45, 7) is 2.77. The minimum atomic E-state index is 0.115. The number of thiophene rings is 1. The van der Waals surface area contributed by atoms with Crippen molar-refractivity contribution in [3.63, 3.8) is 0 Å². The van der Waals surface area contributed by atoms with Crippen LogP contribution in [-0.4, -0.2) is 14.5 Å². The van der Waals surface area contributed by atoms with Crippen LogP contribution >= 0.6 is 23.1 Å². The van der Waals surface area contributed by atoms with Crippen molar-refractivity contribution in [1.82, 2.24) is 14.5 Å². The Kier molecular flexibility index (Phi) is 5.01. The first-order valence-corrected chi connectivity index (χ1v) is 11.7. The van der Waals surface area contributed by atoms with Gasteiger partial charge in [-0.3, -0.25) is 9.36 Å². The molecule has 0 saturated carbocycles. The van der Waals surface area contributed by atoms with E-state index in [2.05, 4.69) is 11.9 Å². The standard InChI is InChI=1S/C22H21N3O2S2/c1-2-11-25-21(26)18-16-9-6-10-17(16)29-20(18)24-22(25)28-13-15-12-27-19(23-15)14-7-4-3-5-8-14/h3-5,7-8,12H,2,6,9-11,13H2,1H3. The Morgan fingerprint density at radius 3 is 2.90 bits per heavy atom. The number of aromatic nitrogens is 3. The molecule has 0 N–H and O–H groups in total. The number of aryl methyl sites for hydroxylation is 2. The van der Waals surface area contributed by atoms with Gasteiger partial charge in [-0.25, -0.2) is 9.97 Å². The fourth-order valence-electron chi connectivity index (χ4n) is 3.81. The molecule has 5 rings (SSSR count). The summed E-state index contributed by atoms with van der Waals surface area (Å²) in [6, 6.07) is 9.86. The fraction of sp³-hybridized carbons (Fsp3) is 0.318. The SMILES string of the molecule is CCCn1c(SCc2coc(-c3ccccc3)n2)nc2sc3c(c2c1=O)CCC3. The van der Waals surface area contributed by atoms with E-state index >= 15 is 0 Å².